The van der Waals surface area contributed by atoms with Gasteiger partial charge in [0.2, 0.25) is 0 Å². The summed E-state index contributed by atoms with van der Waals surface area (Å²) in [5, 5.41) is 9.62. The highest BCUT2D eigenvalue weighted by atomic mass is 32.1. The summed E-state index contributed by atoms with van der Waals surface area (Å²) in [6.45, 7) is 9.03. The number of ether oxygens (including phenoxy) is 1. The Hall–Kier alpha value is -2.28. The molecule has 0 aliphatic carbocycles. The van der Waals surface area contributed by atoms with Gasteiger partial charge in [-0.3, -0.25) is 0 Å². The van der Waals surface area contributed by atoms with Gasteiger partial charge in [0, 0.05) is 26.0 Å². The van der Waals surface area contributed by atoms with Crippen molar-refractivity contribution in [2.75, 3.05) is 38.7 Å². The van der Waals surface area contributed by atoms with E-state index in [4.69, 9.17) is 4.74 Å². The van der Waals surface area contributed by atoms with Gasteiger partial charge in [-0.05, 0) is 24.5 Å². The van der Waals surface area contributed by atoms with Crippen molar-refractivity contribution in [2.24, 2.45) is 4.99 Å². The molecule has 1 heterocycles. The minimum atomic E-state index is 0.443. The van der Waals surface area contributed by atoms with Crippen molar-refractivity contribution in [2.45, 2.75) is 33.2 Å². The molecule has 0 fully saturated rings. The van der Waals surface area contributed by atoms with E-state index in [-0.39, 0.29) is 0 Å². The number of hydrogen-bond donors (Lipinski definition) is 2. The van der Waals surface area contributed by atoms with E-state index in [9.17, 15) is 0 Å². The fourth-order valence-corrected chi connectivity index (χ4v) is 3.24. The van der Waals surface area contributed by atoms with Gasteiger partial charge in [0.25, 0.3) is 0 Å². The van der Waals surface area contributed by atoms with Gasteiger partial charge in [0.15, 0.2) is 11.1 Å². The lowest BCUT2D eigenvalue weighted by Gasteiger charge is -2.15. The molecular formula is C20H31N5OS. The van der Waals surface area contributed by atoms with Gasteiger partial charge in [0.1, 0.15) is 12.4 Å². The molecule has 7 heteroatoms. The lowest BCUT2D eigenvalue weighted by atomic mass is 10.0. The molecule has 27 heavy (non-hydrogen) atoms. The lowest BCUT2D eigenvalue weighted by Crippen LogP contribution is -2.39. The Kier molecular flexibility index (Phi) is 8.39. The molecule has 2 N–H and O–H groups in total. The van der Waals surface area contributed by atoms with Crippen LogP contribution in [0.15, 0.2) is 34.6 Å². The maximum atomic E-state index is 5.96. The molecule has 6 nitrogen and oxygen atoms in total. The van der Waals surface area contributed by atoms with Gasteiger partial charge < -0.3 is 20.3 Å². The van der Waals surface area contributed by atoms with E-state index >= 15 is 0 Å². The molecule has 148 valence electrons. The fourth-order valence-electron chi connectivity index (χ4n) is 2.50. The molecule has 0 spiro atoms. The third-order valence-electron chi connectivity index (χ3n) is 3.86. The van der Waals surface area contributed by atoms with E-state index in [2.05, 4.69) is 53.5 Å². The van der Waals surface area contributed by atoms with Crippen molar-refractivity contribution in [3.05, 3.63) is 40.9 Å². The SMILES string of the molecule is CCNC(=NCc1csc(N(C)C)n1)NCCOc1ccccc1C(C)C. The standard InChI is InChI=1S/C20H31N5OS/c1-6-21-19(23-13-16-14-27-20(24-16)25(4)5)22-11-12-26-18-10-8-7-9-17(18)15(2)3/h7-10,14-15H,6,11-13H2,1-5H3,(H2,21,22,23). The summed E-state index contributed by atoms with van der Waals surface area (Å²) in [4.78, 5) is 11.2. The van der Waals surface area contributed by atoms with Crippen LogP contribution in [0.3, 0.4) is 0 Å². The minimum Gasteiger partial charge on any atom is -0.491 e. The van der Waals surface area contributed by atoms with Crippen LogP contribution in [0.25, 0.3) is 0 Å². The number of aromatic nitrogens is 1. The summed E-state index contributed by atoms with van der Waals surface area (Å²) >= 11 is 1.63. The van der Waals surface area contributed by atoms with Crippen LogP contribution in [-0.2, 0) is 6.54 Å². The average molecular weight is 390 g/mol. The number of guanidine groups is 1. The van der Waals surface area contributed by atoms with Crippen LogP contribution >= 0.6 is 11.3 Å². The summed E-state index contributed by atoms with van der Waals surface area (Å²) in [6.07, 6.45) is 0. The van der Waals surface area contributed by atoms with E-state index in [1.165, 1.54) is 5.56 Å². The molecule has 0 aliphatic rings. The van der Waals surface area contributed by atoms with Crippen LogP contribution < -0.4 is 20.3 Å². The number of nitrogens with one attached hydrogen (secondary N) is 2. The smallest absolute Gasteiger partial charge is 0.191 e. The van der Waals surface area contributed by atoms with Crippen molar-refractivity contribution in [1.29, 1.82) is 0 Å². The van der Waals surface area contributed by atoms with E-state index < -0.39 is 0 Å². The van der Waals surface area contributed by atoms with Crippen molar-refractivity contribution in [1.82, 2.24) is 15.6 Å². The molecule has 0 bridgehead atoms. The first-order chi connectivity index (χ1) is 13.0. The van der Waals surface area contributed by atoms with Crippen LogP contribution in [0.5, 0.6) is 5.75 Å². The second kappa shape index (κ2) is 10.8. The van der Waals surface area contributed by atoms with Crippen LogP contribution in [0.1, 0.15) is 37.9 Å². The molecule has 2 rings (SSSR count). The molecule has 0 radical (unpaired) electrons. The van der Waals surface area contributed by atoms with Crippen molar-refractivity contribution in [3.8, 4) is 5.75 Å². The third-order valence-corrected chi connectivity index (χ3v) is 4.92. The number of nitrogens with zero attached hydrogens (tertiary/aromatic N) is 3. The van der Waals surface area contributed by atoms with Crippen molar-refractivity contribution >= 4 is 22.4 Å². The molecule has 0 atom stereocenters. The number of aliphatic imine (C=N–C) groups is 1. The molecular weight excluding hydrogens is 358 g/mol. The van der Waals surface area contributed by atoms with Crippen LogP contribution in [0.4, 0.5) is 5.13 Å². The zero-order valence-electron chi connectivity index (χ0n) is 17.0. The van der Waals surface area contributed by atoms with Gasteiger partial charge >= 0.3 is 0 Å². The first-order valence-corrected chi connectivity index (χ1v) is 10.2. The van der Waals surface area contributed by atoms with Gasteiger partial charge in [0.05, 0.1) is 18.8 Å². The summed E-state index contributed by atoms with van der Waals surface area (Å²) in [5.41, 5.74) is 2.21. The Balaban J connectivity index is 1.85. The Morgan fingerprint density at radius 1 is 1.26 bits per heavy atom. The Bertz CT molecular complexity index is 727. The number of hydrogen-bond acceptors (Lipinski definition) is 5. The van der Waals surface area contributed by atoms with Gasteiger partial charge in [-0.25, -0.2) is 9.98 Å². The predicted molar refractivity (Wildman–Crippen MR) is 115 cm³/mol. The Morgan fingerprint density at radius 2 is 2.04 bits per heavy atom. The maximum Gasteiger partial charge on any atom is 0.191 e. The van der Waals surface area contributed by atoms with Crippen molar-refractivity contribution in [3.63, 3.8) is 0 Å². The molecule has 0 saturated carbocycles. The van der Waals surface area contributed by atoms with Gasteiger partial charge in [-0.2, -0.15) is 0 Å². The van der Waals surface area contributed by atoms with E-state index in [0.29, 0.717) is 25.6 Å². The van der Waals surface area contributed by atoms with E-state index in [1.807, 2.05) is 36.5 Å². The topological polar surface area (TPSA) is 61.8 Å². The minimum absolute atomic E-state index is 0.443. The molecule has 1 aromatic heterocycles. The highest BCUT2D eigenvalue weighted by Crippen LogP contribution is 2.25. The highest BCUT2D eigenvalue weighted by Gasteiger charge is 2.07. The first-order valence-electron chi connectivity index (χ1n) is 9.36. The number of rotatable bonds is 9. The number of benzene rings is 1. The maximum absolute atomic E-state index is 5.96. The van der Waals surface area contributed by atoms with Crippen LogP contribution in [0, 0.1) is 0 Å². The average Bonchev–Trinajstić information content (AvgIpc) is 3.12. The summed E-state index contributed by atoms with van der Waals surface area (Å²) in [5.74, 6) is 2.17. The molecule has 0 saturated heterocycles. The quantitative estimate of drug-likeness (QED) is 0.391. The second-order valence-electron chi connectivity index (χ2n) is 6.68. The van der Waals surface area contributed by atoms with Crippen LogP contribution in [0.2, 0.25) is 0 Å². The number of thiazole rings is 1. The zero-order valence-corrected chi connectivity index (χ0v) is 17.8. The monoisotopic (exact) mass is 389 g/mol. The lowest BCUT2D eigenvalue weighted by molar-refractivity contribution is 0.317. The first kappa shape index (κ1) is 21.0. The summed E-state index contributed by atoms with van der Waals surface area (Å²) in [6, 6.07) is 8.21. The molecule has 2 aromatic rings. The van der Waals surface area contributed by atoms with Gasteiger partial charge in [-0.15, -0.1) is 11.3 Å². The zero-order chi connectivity index (χ0) is 19.6. The molecule has 0 unspecified atom stereocenters. The number of anilines is 1. The second-order valence-corrected chi connectivity index (χ2v) is 7.52. The fraction of sp³-hybridized carbons (Fsp3) is 0.500. The molecule has 0 amide bonds. The van der Waals surface area contributed by atoms with Crippen molar-refractivity contribution < 1.29 is 4.74 Å². The highest BCUT2D eigenvalue weighted by molar-refractivity contribution is 7.13. The summed E-state index contributed by atoms with van der Waals surface area (Å²) < 4.78 is 5.96. The molecule has 1 aromatic carbocycles. The molecule has 0 aliphatic heterocycles. The normalized spacial score (nSPS) is 11.6. The predicted octanol–water partition coefficient (Wildman–Crippen LogP) is 3.47. The number of para-hydroxylation sites is 1. The Labute approximate surface area is 166 Å². The largest absolute Gasteiger partial charge is 0.491 e. The van der Waals surface area contributed by atoms with E-state index in [1.54, 1.807) is 11.3 Å². The van der Waals surface area contributed by atoms with Crippen LogP contribution in [-0.4, -0.2) is 44.7 Å². The Morgan fingerprint density at radius 3 is 2.70 bits per heavy atom. The third kappa shape index (κ3) is 6.75. The van der Waals surface area contributed by atoms with E-state index in [0.717, 1.165) is 29.1 Å². The van der Waals surface area contributed by atoms with Gasteiger partial charge in [-0.1, -0.05) is 32.0 Å². The summed E-state index contributed by atoms with van der Waals surface area (Å²) in [7, 11) is 3.99.